The number of aryl methyl sites for hydroxylation is 1. The van der Waals surface area contributed by atoms with Crippen LogP contribution in [0.5, 0.6) is 0 Å². The van der Waals surface area contributed by atoms with E-state index < -0.39 is 0 Å². The van der Waals surface area contributed by atoms with E-state index in [9.17, 15) is 4.79 Å². The van der Waals surface area contributed by atoms with E-state index in [4.69, 9.17) is 4.42 Å². The third-order valence-corrected chi connectivity index (χ3v) is 3.99. The zero-order chi connectivity index (χ0) is 17.5. The second-order valence-corrected chi connectivity index (χ2v) is 5.83. The van der Waals surface area contributed by atoms with Crippen LogP contribution in [0.3, 0.4) is 0 Å². The van der Waals surface area contributed by atoms with Crippen molar-refractivity contribution < 1.29 is 9.21 Å². The van der Waals surface area contributed by atoms with E-state index >= 15 is 0 Å². The number of hydrogen-bond acceptors (Lipinski definition) is 4. The first kappa shape index (κ1) is 16.8. The molecule has 25 heavy (non-hydrogen) atoms. The highest BCUT2D eigenvalue weighted by Crippen LogP contribution is 2.16. The van der Waals surface area contributed by atoms with Gasteiger partial charge in [0.1, 0.15) is 5.76 Å². The van der Waals surface area contributed by atoms with Gasteiger partial charge in [-0.2, -0.15) is 0 Å². The molecule has 5 nitrogen and oxygen atoms in total. The topological polar surface area (TPSA) is 58.4 Å². The van der Waals surface area contributed by atoms with Crippen LogP contribution in [0.2, 0.25) is 0 Å². The molecule has 0 aliphatic rings. The van der Waals surface area contributed by atoms with Crippen LogP contribution in [0.25, 0.3) is 0 Å². The van der Waals surface area contributed by atoms with Crippen LogP contribution in [-0.2, 0) is 17.9 Å². The van der Waals surface area contributed by atoms with Crippen molar-refractivity contribution in [3.05, 3.63) is 84.1 Å². The lowest BCUT2D eigenvalue weighted by atomic mass is 10.2. The van der Waals surface area contributed by atoms with E-state index in [0.717, 1.165) is 22.6 Å². The Balaban J connectivity index is 1.66. The second kappa shape index (κ2) is 8.15. The number of nitrogens with one attached hydrogen (secondary N) is 1. The standard InChI is InChI=1S/C20H21N3O2/c1-16-18(9-11-25-16)13-22-20(24)15-23(19-7-3-2-4-8-19)14-17-6-5-10-21-12-17/h2-12H,13-15H2,1H3,(H,22,24). The SMILES string of the molecule is Cc1occc1CNC(=O)CN(Cc1cccnc1)c1ccccc1. The number of para-hydroxylation sites is 1. The number of benzene rings is 1. The Kier molecular flexibility index (Phi) is 5.46. The molecule has 128 valence electrons. The molecule has 0 bridgehead atoms. The summed E-state index contributed by atoms with van der Waals surface area (Å²) in [5.41, 5.74) is 3.05. The zero-order valence-corrected chi connectivity index (χ0v) is 14.2. The van der Waals surface area contributed by atoms with E-state index in [1.165, 1.54) is 0 Å². The number of carbonyl (C=O) groups is 1. The van der Waals surface area contributed by atoms with E-state index in [1.807, 2.05) is 66.6 Å². The summed E-state index contributed by atoms with van der Waals surface area (Å²) in [5.74, 6) is 0.795. The lowest BCUT2D eigenvalue weighted by molar-refractivity contribution is -0.119. The number of rotatable bonds is 7. The van der Waals surface area contributed by atoms with Gasteiger partial charge in [0.25, 0.3) is 0 Å². The number of anilines is 1. The van der Waals surface area contributed by atoms with E-state index in [2.05, 4.69) is 10.3 Å². The highest BCUT2D eigenvalue weighted by atomic mass is 16.3. The molecule has 0 spiro atoms. The number of carbonyl (C=O) groups excluding carboxylic acids is 1. The van der Waals surface area contributed by atoms with Gasteiger partial charge in [0.05, 0.1) is 12.8 Å². The fourth-order valence-corrected chi connectivity index (χ4v) is 2.61. The van der Waals surface area contributed by atoms with Crippen molar-refractivity contribution in [1.29, 1.82) is 0 Å². The third-order valence-electron chi connectivity index (χ3n) is 3.99. The van der Waals surface area contributed by atoms with Crippen LogP contribution in [-0.4, -0.2) is 17.4 Å². The summed E-state index contributed by atoms with van der Waals surface area (Å²) in [4.78, 5) is 18.6. The van der Waals surface area contributed by atoms with Crippen LogP contribution >= 0.6 is 0 Å². The Labute approximate surface area is 147 Å². The largest absolute Gasteiger partial charge is 0.469 e. The second-order valence-electron chi connectivity index (χ2n) is 5.83. The minimum absolute atomic E-state index is 0.0339. The van der Waals surface area contributed by atoms with Crippen molar-refractivity contribution in [2.45, 2.75) is 20.0 Å². The van der Waals surface area contributed by atoms with Gasteiger partial charge in [0.2, 0.25) is 5.91 Å². The highest BCUT2D eigenvalue weighted by molar-refractivity contribution is 5.81. The molecule has 0 saturated carbocycles. The van der Waals surface area contributed by atoms with Gasteiger partial charge in [0.15, 0.2) is 0 Å². The number of hydrogen-bond donors (Lipinski definition) is 1. The van der Waals surface area contributed by atoms with Gasteiger partial charge in [-0.3, -0.25) is 9.78 Å². The predicted octanol–water partition coefficient (Wildman–Crippen LogP) is 3.31. The van der Waals surface area contributed by atoms with Gasteiger partial charge in [-0.1, -0.05) is 24.3 Å². The Morgan fingerprint density at radius 1 is 1.16 bits per heavy atom. The molecule has 0 fully saturated rings. The van der Waals surface area contributed by atoms with E-state index in [1.54, 1.807) is 12.5 Å². The van der Waals surface area contributed by atoms with Crippen LogP contribution in [0.4, 0.5) is 5.69 Å². The van der Waals surface area contributed by atoms with Gasteiger partial charge in [-0.25, -0.2) is 0 Å². The minimum atomic E-state index is -0.0339. The Hall–Kier alpha value is -3.08. The molecule has 5 heteroatoms. The smallest absolute Gasteiger partial charge is 0.239 e. The van der Waals surface area contributed by atoms with Crippen LogP contribution in [0, 0.1) is 6.92 Å². The summed E-state index contributed by atoms with van der Waals surface area (Å²) in [5, 5.41) is 2.96. The van der Waals surface area contributed by atoms with Crippen molar-refractivity contribution in [3.8, 4) is 0 Å². The Bertz CT molecular complexity index is 800. The molecule has 0 unspecified atom stereocenters. The van der Waals surface area contributed by atoms with E-state index in [0.29, 0.717) is 13.1 Å². The maximum atomic E-state index is 12.4. The fraction of sp³-hybridized carbons (Fsp3) is 0.200. The van der Waals surface area contributed by atoms with Gasteiger partial charge in [-0.05, 0) is 36.8 Å². The van der Waals surface area contributed by atoms with Crippen LogP contribution < -0.4 is 10.2 Å². The van der Waals surface area contributed by atoms with Crippen molar-refractivity contribution in [1.82, 2.24) is 10.3 Å². The quantitative estimate of drug-likeness (QED) is 0.720. The molecule has 1 N–H and O–H groups in total. The first-order valence-electron chi connectivity index (χ1n) is 8.21. The van der Waals surface area contributed by atoms with Gasteiger partial charge >= 0.3 is 0 Å². The molecule has 3 rings (SSSR count). The van der Waals surface area contributed by atoms with Crippen LogP contribution in [0.1, 0.15) is 16.9 Å². The lowest BCUT2D eigenvalue weighted by Crippen LogP contribution is -2.36. The molecular weight excluding hydrogens is 314 g/mol. The molecule has 0 aliphatic heterocycles. The van der Waals surface area contributed by atoms with Crippen molar-refractivity contribution in [2.24, 2.45) is 0 Å². The molecule has 0 atom stereocenters. The summed E-state index contributed by atoms with van der Waals surface area (Å²) in [6.45, 7) is 3.25. The fourth-order valence-electron chi connectivity index (χ4n) is 2.61. The molecule has 0 radical (unpaired) electrons. The summed E-state index contributed by atoms with van der Waals surface area (Å²) < 4.78 is 5.26. The monoisotopic (exact) mass is 335 g/mol. The maximum Gasteiger partial charge on any atom is 0.239 e. The summed E-state index contributed by atoms with van der Waals surface area (Å²) in [7, 11) is 0. The summed E-state index contributed by atoms with van der Waals surface area (Å²) in [6, 6.07) is 15.7. The highest BCUT2D eigenvalue weighted by Gasteiger charge is 2.13. The van der Waals surface area contributed by atoms with Gasteiger partial charge in [0, 0.05) is 36.7 Å². The molecule has 0 aliphatic carbocycles. The average molecular weight is 335 g/mol. The molecule has 2 aromatic heterocycles. The normalized spacial score (nSPS) is 10.4. The number of nitrogens with zero attached hydrogens (tertiary/aromatic N) is 2. The Morgan fingerprint density at radius 3 is 2.68 bits per heavy atom. The average Bonchev–Trinajstić information content (AvgIpc) is 3.06. The number of pyridine rings is 1. The molecular formula is C20H21N3O2. The van der Waals surface area contributed by atoms with Crippen molar-refractivity contribution >= 4 is 11.6 Å². The molecule has 1 aromatic carbocycles. The maximum absolute atomic E-state index is 12.4. The summed E-state index contributed by atoms with van der Waals surface area (Å²) >= 11 is 0. The molecule has 2 heterocycles. The third kappa shape index (κ3) is 4.70. The van der Waals surface area contributed by atoms with Gasteiger partial charge < -0.3 is 14.6 Å². The predicted molar refractivity (Wildman–Crippen MR) is 97.0 cm³/mol. The zero-order valence-electron chi connectivity index (χ0n) is 14.2. The van der Waals surface area contributed by atoms with E-state index in [-0.39, 0.29) is 12.5 Å². The van der Waals surface area contributed by atoms with Crippen molar-refractivity contribution in [3.63, 3.8) is 0 Å². The lowest BCUT2D eigenvalue weighted by Gasteiger charge is -2.24. The Morgan fingerprint density at radius 2 is 2.00 bits per heavy atom. The van der Waals surface area contributed by atoms with Crippen LogP contribution in [0.15, 0.2) is 71.6 Å². The summed E-state index contributed by atoms with van der Waals surface area (Å²) in [6.07, 6.45) is 5.20. The molecule has 3 aromatic rings. The minimum Gasteiger partial charge on any atom is -0.469 e. The number of furan rings is 1. The number of amides is 1. The first-order valence-corrected chi connectivity index (χ1v) is 8.21. The molecule has 1 amide bonds. The number of aromatic nitrogens is 1. The van der Waals surface area contributed by atoms with Gasteiger partial charge in [-0.15, -0.1) is 0 Å². The first-order chi connectivity index (χ1) is 12.2. The molecule has 0 saturated heterocycles. The van der Waals surface area contributed by atoms with Crippen molar-refractivity contribution in [2.75, 3.05) is 11.4 Å².